The minimum atomic E-state index is -0.229. The molecule has 0 amide bonds. The number of aliphatic hydroxyl groups is 1. The van der Waals surface area contributed by atoms with E-state index in [0.717, 1.165) is 25.0 Å². The maximum Gasteiger partial charge on any atom is 0.211 e. The Morgan fingerprint density at radius 1 is 1.50 bits per heavy atom. The van der Waals surface area contributed by atoms with Crippen LogP contribution in [0.3, 0.4) is 0 Å². The molecule has 1 heterocycles. The zero-order chi connectivity index (χ0) is 11.5. The lowest BCUT2D eigenvalue weighted by Gasteiger charge is -2.30. The van der Waals surface area contributed by atoms with E-state index < -0.39 is 0 Å². The summed E-state index contributed by atoms with van der Waals surface area (Å²) in [6.07, 6.45) is 5.75. The molecule has 3 atom stereocenters. The van der Waals surface area contributed by atoms with E-state index in [9.17, 15) is 5.11 Å². The highest BCUT2D eigenvalue weighted by Crippen LogP contribution is 2.21. The summed E-state index contributed by atoms with van der Waals surface area (Å²) in [5, 5.41) is 13.2. The molecule has 0 saturated heterocycles. The zero-order valence-electron chi connectivity index (χ0n) is 9.94. The molecule has 1 aliphatic rings. The fraction of sp³-hybridized carbons (Fsp3) is 0.750. The monoisotopic (exact) mass is 224 g/mol. The van der Waals surface area contributed by atoms with E-state index in [1.807, 2.05) is 13.8 Å². The molecule has 1 saturated carbocycles. The van der Waals surface area contributed by atoms with Gasteiger partial charge in [0.1, 0.15) is 5.76 Å². The van der Waals surface area contributed by atoms with E-state index in [2.05, 4.69) is 10.3 Å². The number of hydrogen-bond acceptors (Lipinski definition) is 4. The Kier molecular flexibility index (Phi) is 3.61. The van der Waals surface area contributed by atoms with Crippen LogP contribution in [-0.2, 0) is 0 Å². The van der Waals surface area contributed by atoms with Crippen molar-refractivity contribution in [3.63, 3.8) is 0 Å². The summed E-state index contributed by atoms with van der Waals surface area (Å²) in [7, 11) is 0. The third kappa shape index (κ3) is 2.62. The molecule has 0 aromatic carbocycles. The lowest BCUT2D eigenvalue weighted by atomic mass is 9.92. The van der Waals surface area contributed by atoms with Gasteiger partial charge in [-0.15, -0.1) is 0 Å². The van der Waals surface area contributed by atoms with Gasteiger partial charge >= 0.3 is 0 Å². The number of nitrogens with one attached hydrogen (secondary N) is 1. The normalized spacial score (nSPS) is 27.9. The third-order valence-corrected chi connectivity index (χ3v) is 3.20. The first-order valence-corrected chi connectivity index (χ1v) is 6.03. The van der Waals surface area contributed by atoms with Gasteiger partial charge in [0.15, 0.2) is 0 Å². The topological polar surface area (TPSA) is 58.3 Å². The van der Waals surface area contributed by atoms with Crippen molar-refractivity contribution in [2.45, 2.75) is 57.7 Å². The molecule has 2 rings (SSSR count). The van der Waals surface area contributed by atoms with Crippen LogP contribution in [0.1, 0.15) is 50.3 Å². The Labute approximate surface area is 96.1 Å². The Morgan fingerprint density at radius 2 is 2.25 bits per heavy atom. The molecule has 0 bridgehead atoms. The average molecular weight is 224 g/mol. The third-order valence-electron chi connectivity index (χ3n) is 3.20. The number of aryl methyl sites for hydroxylation is 1. The highest BCUT2D eigenvalue weighted by molar-refractivity contribution is 4.96. The summed E-state index contributed by atoms with van der Waals surface area (Å²) < 4.78 is 5.47. The van der Waals surface area contributed by atoms with Crippen molar-refractivity contribution in [1.82, 2.24) is 10.3 Å². The highest BCUT2D eigenvalue weighted by atomic mass is 16.4. The second-order valence-corrected chi connectivity index (χ2v) is 4.66. The van der Waals surface area contributed by atoms with Crippen LogP contribution in [0.15, 0.2) is 10.6 Å². The first-order valence-electron chi connectivity index (χ1n) is 6.03. The summed E-state index contributed by atoms with van der Waals surface area (Å²) in [6, 6.07) is 0.238. The maximum absolute atomic E-state index is 9.86. The van der Waals surface area contributed by atoms with Crippen LogP contribution < -0.4 is 5.32 Å². The molecule has 4 nitrogen and oxygen atoms in total. The van der Waals surface area contributed by atoms with E-state index in [1.165, 1.54) is 6.42 Å². The lowest BCUT2D eigenvalue weighted by molar-refractivity contribution is 0.0840. The molecular formula is C12H20N2O2. The van der Waals surface area contributed by atoms with Crippen LogP contribution in [0.25, 0.3) is 0 Å². The lowest BCUT2D eigenvalue weighted by Crippen LogP contribution is -2.43. The van der Waals surface area contributed by atoms with E-state index in [4.69, 9.17) is 4.42 Å². The van der Waals surface area contributed by atoms with Gasteiger partial charge in [0.2, 0.25) is 5.89 Å². The Hall–Kier alpha value is -0.870. The smallest absolute Gasteiger partial charge is 0.211 e. The molecule has 1 aromatic rings. The second kappa shape index (κ2) is 4.97. The Morgan fingerprint density at radius 3 is 2.88 bits per heavy atom. The highest BCUT2D eigenvalue weighted by Gasteiger charge is 2.25. The van der Waals surface area contributed by atoms with Gasteiger partial charge in [-0.25, -0.2) is 4.98 Å². The van der Waals surface area contributed by atoms with Gasteiger partial charge in [0.25, 0.3) is 0 Å². The molecule has 90 valence electrons. The van der Waals surface area contributed by atoms with Crippen molar-refractivity contribution in [3.05, 3.63) is 17.8 Å². The quantitative estimate of drug-likeness (QED) is 0.823. The van der Waals surface area contributed by atoms with Crippen LogP contribution >= 0.6 is 0 Å². The van der Waals surface area contributed by atoms with Gasteiger partial charge < -0.3 is 14.8 Å². The van der Waals surface area contributed by atoms with E-state index in [0.29, 0.717) is 5.89 Å². The number of aromatic nitrogens is 1. The van der Waals surface area contributed by atoms with Crippen LogP contribution in [0, 0.1) is 6.92 Å². The maximum atomic E-state index is 9.86. The van der Waals surface area contributed by atoms with Crippen LogP contribution in [0.5, 0.6) is 0 Å². The molecule has 0 aliphatic heterocycles. The van der Waals surface area contributed by atoms with Crippen molar-refractivity contribution < 1.29 is 9.52 Å². The molecule has 1 aliphatic carbocycles. The van der Waals surface area contributed by atoms with Crippen LogP contribution in [0.4, 0.5) is 0 Å². The van der Waals surface area contributed by atoms with Gasteiger partial charge in [0, 0.05) is 6.04 Å². The van der Waals surface area contributed by atoms with E-state index in [1.54, 1.807) is 6.20 Å². The zero-order valence-corrected chi connectivity index (χ0v) is 9.94. The SMILES string of the molecule is Cc1cnc(C(C)NC2CCCCC2O)o1. The summed E-state index contributed by atoms with van der Waals surface area (Å²) in [4.78, 5) is 4.20. The van der Waals surface area contributed by atoms with Gasteiger partial charge in [-0.3, -0.25) is 0 Å². The van der Waals surface area contributed by atoms with Crippen molar-refractivity contribution in [1.29, 1.82) is 0 Å². The number of rotatable bonds is 3. The molecule has 0 spiro atoms. The minimum absolute atomic E-state index is 0.0615. The molecule has 2 N–H and O–H groups in total. The number of aliphatic hydroxyl groups excluding tert-OH is 1. The van der Waals surface area contributed by atoms with E-state index >= 15 is 0 Å². The molecule has 3 unspecified atom stereocenters. The largest absolute Gasteiger partial charge is 0.444 e. The first-order chi connectivity index (χ1) is 7.66. The van der Waals surface area contributed by atoms with Crippen molar-refractivity contribution in [2.75, 3.05) is 0 Å². The Bertz CT molecular complexity index is 338. The number of oxazole rings is 1. The summed E-state index contributed by atoms with van der Waals surface area (Å²) in [5.41, 5.74) is 0. The van der Waals surface area contributed by atoms with Crippen molar-refractivity contribution >= 4 is 0 Å². The molecule has 16 heavy (non-hydrogen) atoms. The summed E-state index contributed by atoms with van der Waals surface area (Å²) in [5.74, 6) is 1.53. The molecule has 1 aromatic heterocycles. The first kappa shape index (κ1) is 11.6. The van der Waals surface area contributed by atoms with Crippen molar-refractivity contribution in [3.8, 4) is 0 Å². The molecular weight excluding hydrogens is 204 g/mol. The molecule has 0 radical (unpaired) electrons. The molecule has 4 heteroatoms. The van der Waals surface area contributed by atoms with Crippen LogP contribution in [-0.4, -0.2) is 22.2 Å². The predicted octanol–water partition coefficient (Wildman–Crippen LogP) is 1.94. The standard InChI is InChI=1S/C12H20N2O2/c1-8-7-13-12(16-8)9(2)14-10-5-3-4-6-11(10)15/h7,9-11,14-15H,3-6H2,1-2H3. The summed E-state index contributed by atoms with van der Waals surface area (Å²) >= 11 is 0. The molecule has 1 fully saturated rings. The number of nitrogens with zero attached hydrogens (tertiary/aromatic N) is 1. The van der Waals surface area contributed by atoms with Crippen LogP contribution in [0.2, 0.25) is 0 Å². The van der Waals surface area contributed by atoms with Gasteiger partial charge in [0.05, 0.1) is 18.3 Å². The average Bonchev–Trinajstić information content (AvgIpc) is 2.68. The second-order valence-electron chi connectivity index (χ2n) is 4.66. The van der Waals surface area contributed by atoms with Gasteiger partial charge in [-0.05, 0) is 26.7 Å². The van der Waals surface area contributed by atoms with Gasteiger partial charge in [-0.2, -0.15) is 0 Å². The van der Waals surface area contributed by atoms with E-state index in [-0.39, 0.29) is 18.2 Å². The van der Waals surface area contributed by atoms with Gasteiger partial charge in [-0.1, -0.05) is 12.8 Å². The predicted molar refractivity (Wildman–Crippen MR) is 61.1 cm³/mol. The Balaban J connectivity index is 1.93. The fourth-order valence-electron chi connectivity index (χ4n) is 2.27. The minimum Gasteiger partial charge on any atom is -0.444 e. The van der Waals surface area contributed by atoms with Crippen molar-refractivity contribution in [2.24, 2.45) is 0 Å². The summed E-state index contributed by atoms with van der Waals surface area (Å²) in [6.45, 7) is 3.91. The fourth-order valence-corrected chi connectivity index (χ4v) is 2.27. The number of hydrogen-bond donors (Lipinski definition) is 2.